The van der Waals surface area contributed by atoms with Gasteiger partial charge in [-0.2, -0.15) is 0 Å². The molecule has 1 aliphatic carbocycles. The van der Waals surface area contributed by atoms with Crippen molar-refractivity contribution in [2.24, 2.45) is 11.8 Å². The molecular formula is C38H64O5Si2. The molecule has 0 unspecified atom stereocenters. The van der Waals surface area contributed by atoms with E-state index in [2.05, 4.69) is 122 Å². The lowest BCUT2D eigenvalue weighted by Gasteiger charge is -2.40. The van der Waals surface area contributed by atoms with Crippen molar-refractivity contribution in [2.75, 3.05) is 0 Å². The number of carbonyl (C=O) groups is 2. The molecule has 7 heteroatoms. The number of hydrogen-bond donors (Lipinski definition) is 0. The van der Waals surface area contributed by atoms with Gasteiger partial charge in [-0.25, -0.2) is 0 Å². The molecule has 1 saturated carbocycles. The first kappa shape index (κ1) is 39.4. The average molecular weight is 657 g/mol. The van der Waals surface area contributed by atoms with Gasteiger partial charge in [-0.15, -0.1) is 0 Å². The van der Waals surface area contributed by atoms with E-state index in [1.54, 1.807) is 0 Å². The van der Waals surface area contributed by atoms with Crippen LogP contribution < -0.4 is 0 Å². The summed E-state index contributed by atoms with van der Waals surface area (Å²) in [6.45, 7) is 26.5. The van der Waals surface area contributed by atoms with E-state index in [1.807, 2.05) is 13.8 Å². The standard InChI is InChI=1S/C38H64O5Si2/c1-29(2)41-36(40)23-19-14-13-18-22-32-33(35(28-34(32)39)43-45(11,12)38(6,7)8)27-26-31(42-44(9,10)37(3,4)5)25-24-30-20-16-15-17-21-30/h13,15-18,20-21,26-27,29,31-33,35H,14,19,22-25,28H2,1-12H3/t31-,32+,33+,35+/m0/s1. The minimum Gasteiger partial charge on any atom is -0.463 e. The van der Waals surface area contributed by atoms with Gasteiger partial charge in [0.2, 0.25) is 0 Å². The number of carbonyl (C=O) groups excluding carboxylic acids is 2. The van der Waals surface area contributed by atoms with Gasteiger partial charge in [-0.05, 0) is 87.8 Å². The van der Waals surface area contributed by atoms with Crippen LogP contribution in [0.2, 0.25) is 36.3 Å². The maximum absolute atomic E-state index is 13.5. The van der Waals surface area contributed by atoms with Gasteiger partial charge in [0.1, 0.15) is 5.78 Å². The third-order valence-electron chi connectivity index (χ3n) is 10.00. The normalized spacial score (nSPS) is 20.9. The van der Waals surface area contributed by atoms with Crippen LogP contribution in [0, 0.1) is 11.8 Å². The summed E-state index contributed by atoms with van der Waals surface area (Å²) < 4.78 is 19.2. The zero-order chi connectivity index (χ0) is 34.1. The van der Waals surface area contributed by atoms with Crippen molar-refractivity contribution in [1.82, 2.24) is 0 Å². The topological polar surface area (TPSA) is 61.8 Å². The molecule has 0 bridgehead atoms. The van der Waals surface area contributed by atoms with E-state index in [-0.39, 0.29) is 52.0 Å². The van der Waals surface area contributed by atoms with Gasteiger partial charge in [0.25, 0.3) is 0 Å². The van der Waals surface area contributed by atoms with Crippen LogP contribution in [-0.4, -0.2) is 46.7 Å². The van der Waals surface area contributed by atoms with Crippen LogP contribution in [0.4, 0.5) is 0 Å². The van der Waals surface area contributed by atoms with Crippen LogP contribution in [0.15, 0.2) is 54.6 Å². The Bertz CT molecular complexity index is 1130. The Labute approximate surface area is 277 Å². The van der Waals surface area contributed by atoms with E-state index < -0.39 is 16.6 Å². The minimum atomic E-state index is -2.09. The molecule has 45 heavy (non-hydrogen) atoms. The molecule has 5 nitrogen and oxygen atoms in total. The van der Waals surface area contributed by atoms with E-state index in [0.717, 1.165) is 25.7 Å². The van der Waals surface area contributed by atoms with Gasteiger partial charge in [0.05, 0.1) is 18.3 Å². The van der Waals surface area contributed by atoms with Gasteiger partial charge >= 0.3 is 5.97 Å². The predicted molar refractivity (Wildman–Crippen MR) is 193 cm³/mol. The van der Waals surface area contributed by atoms with Crippen LogP contribution in [0.1, 0.15) is 99.5 Å². The fourth-order valence-electron chi connectivity index (χ4n) is 5.18. The Kier molecular flexibility index (Phi) is 14.7. The quantitative estimate of drug-likeness (QED) is 0.0767. The Balaban J connectivity index is 2.29. The maximum atomic E-state index is 13.5. The molecule has 0 aromatic heterocycles. The third kappa shape index (κ3) is 12.7. The summed E-state index contributed by atoms with van der Waals surface area (Å²) in [4.78, 5) is 25.4. The summed E-state index contributed by atoms with van der Waals surface area (Å²) in [5, 5.41) is 0.157. The summed E-state index contributed by atoms with van der Waals surface area (Å²) in [6, 6.07) is 10.6. The Morgan fingerprint density at radius 3 is 2.16 bits per heavy atom. The number of ketones is 1. The van der Waals surface area contributed by atoms with E-state index in [9.17, 15) is 9.59 Å². The lowest BCUT2D eigenvalue weighted by molar-refractivity contribution is -0.147. The lowest BCUT2D eigenvalue weighted by atomic mass is 9.90. The molecule has 0 radical (unpaired) electrons. The van der Waals surface area contributed by atoms with Gasteiger partial charge < -0.3 is 13.6 Å². The Hall–Kier alpha value is -1.81. The number of benzene rings is 1. The highest BCUT2D eigenvalue weighted by Crippen LogP contribution is 2.43. The van der Waals surface area contributed by atoms with Crippen LogP contribution >= 0.6 is 0 Å². The molecule has 254 valence electrons. The molecule has 1 aromatic rings. The molecule has 1 aliphatic rings. The first-order chi connectivity index (χ1) is 20.7. The van der Waals surface area contributed by atoms with Crippen molar-refractivity contribution in [3.8, 4) is 0 Å². The second kappa shape index (κ2) is 16.8. The first-order valence-electron chi connectivity index (χ1n) is 17.2. The van der Waals surface area contributed by atoms with Gasteiger partial charge in [-0.3, -0.25) is 9.59 Å². The number of esters is 1. The van der Waals surface area contributed by atoms with E-state index in [4.69, 9.17) is 13.6 Å². The van der Waals surface area contributed by atoms with Crippen LogP contribution in [0.3, 0.4) is 0 Å². The van der Waals surface area contributed by atoms with Crippen LogP contribution in [0.25, 0.3) is 0 Å². The lowest BCUT2D eigenvalue weighted by Crippen LogP contribution is -2.45. The molecular weight excluding hydrogens is 593 g/mol. The monoisotopic (exact) mass is 656 g/mol. The minimum absolute atomic E-state index is 0.000430. The van der Waals surface area contributed by atoms with Crippen molar-refractivity contribution in [1.29, 1.82) is 0 Å². The maximum Gasteiger partial charge on any atom is 0.306 e. The summed E-state index contributed by atoms with van der Waals surface area (Å²) in [7, 11) is -4.12. The van der Waals surface area contributed by atoms with E-state index in [1.165, 1.54) is 5.56 Å². The molecule has 4 atom stereocenters. The fourth-order valence-corrected chi connectivity index (χ4v) is 7.84. The SMILES string of the molecule is CC(C)OC(=O)CCCC=CC[C@H]1C(=O)C[C@@H](O[Si](C)(C)C(C)(C)C)[C@@H]1C=C[C@H](CCc1ccccc1)O[Si](C)(C)C(C)(C)C. The highest BCUT2D eigenvalue weighted by atomic mass is 28.4. The molecule has 0 N–H and O–H groups in total. The number of allylic oxidation sites excluding steroid dienone is 2. The van der Waals surface area contributed by atoms with Crippen LogP contribution in [-0.2, 0) is 29.6 Å². The predicted octanol–water partition coefficient (Wildman–Crippen LogP) is 10.2. The first-order valence-corrected chi connectivity index (χ1v) is 23.0. The Morgan fingerprint density at radius 2 is 1.58 bits per heavy atom. The second-order valence-electron chi connectivity index (χ2n) is 16.2. The largest absolute Gasteiger partial charge is 0.463 e. The highest BCUT2D eigenvalue weighted by molar-refractivity contribution is 6.74. The van der Waals surface area contributed by atoms with E-state index >= 15 is 0 Å². The summed E-state index contributed by atoms with van der Waals surface area (Å²) in [5.41, 5.74) is 1.31. The zero-order valence-electron chi connectivity index (χ0n) is 30.6. The fraction of sp³-hybridized carbons (Fsp3) is 0.684. The third-order valence-corrected chi connectivity index (χ3v) is 19.0. The van der Waals surface area contributed by atoms with Crippen LogP contribution in [0.5, 0.6) is 0 Å². The molecule has 0 aliphatic heterocycles. The van der Waals surface area contributed by atoms with Gasteiger partial charge in [0, 0.05) is 24.7 Å². The molecule has 0 spiro atoms. The van der Waals surface area contributed by atoms with Crippen molar-refractivity contribution >= 4 is 28.4 Å². The molecule has 0 heterocycles. The van der Waals surface area contributed by atoms with Crippen molar-refractivity contribution < 1.29 is 23.2 Å². The second-order valence-corrected chi connectivity index (χ2v) is 25.7. The average Bonchev–Trinajstić information content (AvgIpc) is 3.19. The molecule has 0 amide bonds. The number of ether oxygens (including phenoxy) is 1. The molecule has 2 rings (SSSR count). The number of unbranched alkanes of at least 4 members (excludes halogenated alkanes) is 1. The van der Waals surface area contributed by atoms with Crippen molar-refractivity contribution in [3.05, 3.63) is 60.2 Å². The van der Waals surface area contributed by atoms with E-state index in [0.29, 0.717) is 19.3 Å². The number of rotatable bonds is 16. The summed E-state index contributed by atoms with van der Waals surface area (Å²) in [6.07, 6.45) is 13.5. The number of aryl methyl sites for hydroxylation is 1. The molecule has 0 saturated heterocycles. The summed E-state index contributed by atoms with van der Waals surface area (Å²) in [5.74, 6) is 0.00644. The Morgan fingerprint density at radius 1 is 0.956 bits per heavy atom. The molecule has 1 aromatic carbocycles. The smallest absolute Gasteiger partial charge is 0.306 e. The van der Waals surface area contributed by atoms with Gasteiger partial charge in [0.15, 0.2) is 16.6 Å². The van der Waals surface area contributed by atoms with Gasteiger partial charge in [-0.1, -0.05) is 96.2 Å². The highest BCUT2D eigenvalue weighted by Gasteiger charge is 2.47. The zero-order valence-corrected chi connectivity index (χ0v) is 32.6. The van der Waals surface area contributed by atoms with Crippen molar-refractivity contribution in [2.45, 2.75) is 155 Å². The van der Waals surface area contributed by atoms with Crippen molar-refractivity contribution in [3.63, 3.8) is 0 Å². The number of hydrogen-bond acceptors (Lipinski definition) is 5. The summed E-state index contributed by atoms with van der Waals surface area (Å²) >= 11 is 0. The molecule has 1 fully saturated rings. The number of Topliss-reactive ketones (excluding diaryl/α,β-unsaturated/α-hetero) is 1.